The van der Waals surface area contributed by atoms with Crippen LogP contribution in [0, 0.1) is 11.3 Å². The lowest BCUT2D eigenvalue weighted by atomic mass is 9.98. The highest BCUT2D eigenvalue weighted by Gasteiger charge is 2.25. The van der Waals surface area contributed by atoms with Crippen LogP contribution < -0.4 is 10.1 Å². The van der Waals surface area contributed by atoms with Gasteiger partial charge in [-0.25, -0.2) is 9.97 Å². The highest BCUT2D eigenvalue weighted by atomic mass is 16.5. The Morgan fingerprint density at radius 1 is 0.886 bits per heavy atom. The standard InChI is InChI=1S/C29H24N4O2/c1-3-19(2)34-29-27(31-23-16-10-11-17-24(23)32-29)33-28-22(18-30)25(20-12-6-4-7-13-20)26(35-28)21-14-8-5-9-15-21/h4-17,19H,3H2,1-2H3,(H,31,33). The van der Waals surface area contributed by atoms with Crippen molar-refractivity contribution >= 4 is 22.7 Å². The topological polar surface area (TPSA) is 84.0 Å². The van der Waals surface area contributed by atoms with E-state index in [0.29, 0.717) is 34.4 Å². The monoisotopic (exact) mass is 460 g/mol. The van der Waals surface area contributed by atoms with Gasteiger partial charge in [-0.3, -0.25) is 0 Å². The Hall–Kier alpha value is -4.63. The molecular formula is C29H24N4O2. The molecule has 5 aromatic rings. The minimum atomic E-state index is -0.0576. The zero-order valence-corrected chi connectivity index (χ0v) is 19.5. The summed E-state index contributed by atoms with van der Waals surface area (Å²) in [5, 5.41) is 13.4. The van der Waals surface area contributed by atoms with Crippen LogP contribution in [0.25, 0.3) is 33.5 Å². The van der Waals surface area contributed by atoms with Gasteiger partial charge in [-0.2, -0.15) is 5.26 Å². The molecule has 0 aliphatic rings. The largest absolute Gasteiger partial charge is 0.472 e. The predicted molar refractivity (Wildman–Crippen MR) is 137 cm³/mol. The summed E-state index contributed by atoms with van der Waals surface area (Å²) in [6.07, 6.45) is 0.756. The number of nitrogens with zero attached hydrogens (tertiary/aromatic N) is 3. The molecule has 2 heterocycles. The van der Waals surface area contributed by atoms with Gasteiger partial charge >= 0.3 is 0 Å². The SMILES string of the molecule is CCC(C)Oc1nc2ccccc2nc1Nc1oc(-c2ccccc2)c(-c2ccccc2)c1C#N. The van der Waals surface area contributed by atoms with Crippen LogP contribution in [0.3, 0.4) is 0 Å². The molecule has 0 saturated carbocycles. The number of aromatic nitrogens is 2. The van der Waals surface area contributed by atoms with Crippen LogP contribution in [0.15, 0.2) is 89.3 Å². The van der Waals surface area contributed by atoms with Gasteiger partial charge in [0.1, 0.15) is 17.4 Å². The lowest BCUT2D eigenvalue weighted by molar-refractivity contribution is 0.210. The molecule has 0 spiro atoms. The molecule has 6 heteroatoms. The summed E-state index contributed by atoms with van der Waals surface area (Å²) in [4.78, 5) is 9.44. The number of ether oxygens (including phenoxy) is 1. The number of furan rings is 1. The molecule has 172 valence electrons. The minimum Gasteiger partial charge on any atom is -0.472 e. The van der Waals surface area contributed by atoms with Crippen LogP contribution in [0.4, 0.5) is 11.7 Å². The number of rotatable bonds is 7. The Labute approximate surface area is 203 Å². The molecule has 1 atom stereocenters. The Morgan fingerprint density at radius 2 is 1.49 bits per heavy atom. The number of hydrogen-bond donors (Lipinski definition) is 1. The summed E-state index contributed by atoms with van der Waals surface area (Å²) in [7, 11) is 0. The summed E-state index contributed by atoms with van der Waals surface area (Å²) >= 11 is 0. The summed E-state index contributed by atoms with van der Waals surface area (Å²) < 4.78 is 12.4. The van der Waals surface area contributed by atoms with Crippen LogP contribution in [0.2, 0.25) is 0 Å². The lowest BCUT2D eigenvalue weighted by Gasteiger charge is -2.15. The number of nitriles is 1. The highest BCUT2D eigenvalue weighted by molar-refractivity contribution is 5.89. The molecule has 5 rings (SSSR count). The van der Waals surface area contributed by atoms with Crippen LogP contribution in [0.5, 0.6) is 5.88 Å². The van der Waals surface area contributed by atoms with E-state index >= 15 is 0 Å². The number of para-hydroxylation sites is 2. The number of fused-ring (bicyclic) bond motifs is 1. The van der Waals surface area contributed by atoms with Crippen LogP contribution in [-0.2, 0) is 0 Å². The third kappa shape index (κ3) is 4.44. The van der Waals surface area contributed by atoms with Crippen molar-refractivity contribution in [2.75, 3.05) is 5.32 Å². The average Bonchev–Trinajstić information content (AvgIpc) is 3.28. The van der Waals surface area contributed by atoms with Gasteiger partial charge < -0.3 is 14.5 Å². The maximum atomic E-state index is 10.2. The van der Waals surface area contributed by atoms with Gasteiger partial charge in [-0.05, 0) is 31.0 Å². The summed E-state index contributed by atoms with van der Waals surface area (Å²) in [5.74, 6) is 1.66. The molecule has 0 fully saturated rings. The summed E-state index contributed by atoms with van der Waals surface area (Å²) in [5.41, 5.74) is 4.31. The van der Waals surface area contributed by atoms with Crippen molar-refractivity contribution in [2.24, 2.45) is 0 Å². The fourth-order valence-electron chi connectivity index (χ4n) is 3.83. The van der Waals surface area contributed by atoms with Gasteiger partial charge in [0.2, 0.25) is 5.88 Å². The zero-order chi connectivity index (χ0) is 24.2. The van der Waals surface area contributed by atoms with E-state index in [4.69, 9.17) is 14.1 Å². The molecule has 0 aliphatic heterocycles. The summed E-state index contributed by atoms with van der Waals surface area (Å²) in [6.45, 7) is 4.03. The highest BCUT2D eigenvalue weighted by Crippen LogP contribution is 2.42. The maximum absolute atomic E-state index is 10.2. The Bertz CT molecular complexity index is 1510. The van der Waals surface area contributed by atoms with Crippen molar-refractivity contribution in [1.82, 2.24) is 9.97 Å². The first kappa shape index (κ1) is 22.2. The number of hydrogen-bond acceptors (Lipinski definition) is 6. The molecule has 0 amide bonds. The fourth-order valence-corrected chi connectivity index (χ4v) is 3.83. The van der Waals surface area contributed by atoms with Crippen LogP contribution >= 0.6 is 0 Å². The molecule has 6 nitrogen and oxygen atoms in total. The smallest absolute Gasteiger partial charge is 0.258 e. The van der Waals surface area contributed by atoms with E-state index < -0.39 is 0 Å². The molecule has 2 aromatic heterocycles. The molecule has 0 saturated heterocycles. The molecule has 1 N–H and O–H groups in total. The van der Waals surface area contributed by atoms with E-state index in [1.165, 1.54) is 0 Å². The third-order valence-electron chi connectivity index (χ3n) is 5.78. The first-order valence-corrected chi connectivity index (χ1v) is 11.6. The zero-order valence-electron chi connectivity index (χ0n) is 19.5. The molecule has 0 radical (unpaired) electrons. The second-order valence-corrected chi connectivity index (χ2v) is 8.18. The van der Waals surface area contributed by atoms with Crippen LogP contribution in [-0.4, -0.2) is 16.1 Å². The van der Waals surface area contributed by atoms with Gasteiger partial charge in [-0.1, -0.05) is 79.7 Å². The predicted octanol–water partition coefficient (Wildman–Crippen LogP) is 7.35. The molecule has 0 aliphatic carbocycles. The second-order valence-electron chi connectivity index (χ2n) is 8.18. The van der Waals surface area contributed by atoms with E-state index in [1.54, 1.807) is 0 Å². The molecule has 0 bridgehead atoms. The second kappa shape index (κ2) is 9.70. The third-order valence-corrected chi connectivity index (χ3v) is 5.78. The number of nitrogens with one attached hydrogen (secondary N) is 1. The first-order valence-electron chi connectivity index (χ1n) is 11.6. The van der Waals surface area contributed by atoms with E-state index in [1.807, 2.05) is 98.8 Å². The van der Waals surface area contributed by atoms with Crippen LogP contribution in [0.1, 0.15) is 25.8 Å². The lowest BCUT2D eigenvalue weighted by Crippen LogP contribution is -2.13. The van der Waals surface area contributed by atoms with Gasteiger partial charge in [0, 0.05) is 11.1 Å². The summed E-state index contributed by atoms with van der Waals surface area (Å²) in [6, 6.07) is 29.5. The van der Waals surface area contributed by atoms with E-state index in [0.717, 1.165) is 28.6 Å². The van der Waals surface area contributed by atoms with E-state index in [9.17, 15) is 5.26 Å². The average molecular weight is 461 g/mol. The fraction of sp³-hybridized carbons (Fsp3) is 0.138. The van der Waals surface area contributed by atoms with Crippen molar-refractivity contribution in [1.29, 1.82) is 5.26 Å². The van der Waals surface area contributed by atoms with E-state index in [-0.39, 0.29) is 6.10 Å². The molecule has 1 unspecified atom stereocenters. The maximum Gasteiger partial charge on any atom is 0.258 e. The Balaban J connectivity index is 1.68. The first-order chi connectivity index (χ1) is 17.2. The van der Waals surface area contributed by atoms with E-state index in [2.05, 4.69) is 16.4 Å². The van der Waals surface area contributed by atoms with Crippen molar-refractivity contribution in [2.45, 2.75) is 26.4 Å². The Kier molecular flexibility index (Phi) is 6.15. The van der Waals surface area contributed by atoms with Crippen molar-refractivity contribution < 1.29 is 9.15 Å². The van der Waals surface area contributed by atoms with Crippen molar-refractivity contribution in [3.05, 3.63) is 90.5 Å². The molecule has 35 heavy (non-hydrogen) atoms. The van der Waals surface area contributed by atoms with Crippen molar-refractivity contribution in [3.63, 3.8) is 0 Å². The number of anilines is 2. The van der Waals surface area contributed by atoms with Gasteiger partial charge in [0.05, 0.1) is 17.1 Å². The Morgan fingerprint density at radius 3 is 2.11 bits per heavy atom. The van der Waals surface area contributed by atoms with Gasteiger partial charge in [-0.15, -0.1) is 0 Å². The molecule has 3 aromatic carbocycles. The number of benzene rings is 3. The minimum absolute atomic E-state index is 0.0576. The normalized spacial score (nSPS) is 11.7. The van der Waals surface area contributed by atoms with Crippen molar-refractivity contribution in [3.8, 4) is 34.4 Å². The van der Waals surface area contributed by atoms with Gasteiger partial charge in [0.15, 0.2) is 5.82 Å². The van der Waals surface area contributed by atoms with Gasteiger partial charge in [0.25, 0.3) is 5.88 Å². The quantitative estimate of drug-likeness (QED) is 0.273. The molecular weight excluding hydrogens is 436 g/mol.